The van der Waals surface area contributed by atoms with Crippen molar-refractivity contribution in [1.82, 2.24) is 4.90 Å². The molecule has 2 aliphatic carbocycles. The molecule has 0 N–H and O–H groups in total. The third-order valence-electron chi connectivity index (χ3n) is 4.98. The molecular weight excluding hydrogens is 262 g/mol. The lowest BCUT2D eigenvalue weighted by molar-refractivity contribution is -0.132. The molecule has 1 saturated heterocycles. The molecule has 4 nitrogen and oxygen atoms in total. The summed E-state index contributed by atoms with van der Waals surface area (Å²) >= 11 is 0. The smallest absolute Gasteiger partial charge is 0.225 e. The summed E-state index contributed by atoms with van der Waals surface area (Å²) in [6, 6.07) is 0. The van der Waals surface area contributed by atoms with E-state index in [9.17, 15) is 13.2 Å². The van der Waals surface area contributed by atoms with Crippen molar-refractivity contribution >= 4 is 15.7 Å². The highest BCUT2D eigenvalue weighted by molar-refractivity contribution is 7.91. The fraction of sp³-hybridized carbons (Fsp3) is 0.929. The number of hydrogen-bond acceptors (Lipinski definition) is 3. The topological polar surface area (TPSA) is 54.5 Å². The van der Waals surface area contributed by atoms with E-state index in [4.69, 9.17) is 0 Å². The quantitative estimate of drug-likeness (QED) is 0.789. The lowest BCUT2D eigenvalue weighted by atomic mass is 10.2. The number of sulfone groups is 1. The van der Waals surface area contributed by atoms with Crippen molar-refractivity contribution in [3.8, 4) is 0 Å². The fourth-order valence-electron chi connectivity index (χ4n) is 3.49. The predicted octanol–water partition coefficient (Wildman–Crippen LogP) is 1.46. The van der Waals surface area contributed by atoms with E-state index in [1.165, 1.54) is 19.1 Å². The van der Waals surface area contributed by atoms with Crippen LogP contribution in [0.3, 0.4) is 0 Å². The minimum atomic E-state index is -2.96. The van der Waals surface area contributed by atoms with Crippen LogP contribution in [-0.2, 0) is 14.6 Å². The Morgan fingerprint density at radius 3 is 2.47 bits per heavy atom. The molecule has 0 radical (unpaired) electrons. The van der Waals surface area contributed by atoms with E-state index in [0.717, 1.165) is 25.3 Å². The van der Waals surface area contributed by atoms with Crippen LogP contribution in [0, 0.1) is 17.8 Å². The zero-order valence-corrected chi connectivity index (χ0v) is 12.4. The molecule has 1 aliphatic heterocycles. The highest BCUT2D eigenvalue weighted by Gasteiger charge is 2.52. The van der Waals surface area contributed by atoms with Crippen LogP contribution in [-0.4, -0.2) is 43.8 Å². The van der Waals surface area contributed by atoms with Crippen LogP contribution in [0.4, 0.5) is 0 Å². The molecule has 0 spiro atoms. The molecule has 3 atom stereocenters. The molecular formula is C14H23NO3S. The molecule has 0 bridgehead atoms. The standard InChI is InChI=1S/C14H23NO3S/c1-19(17,18)11-3-2-7-15(8-6-11)14(16)13-9-12(13)10-4-5-10/h10-13H,2-9H2,1H3. The third-order valence-corrected chi connectivity index (χ3v) is 6.66. The van der Waals surface area contributed by atoms with Crippen LogP contribution in [0.15, 0.2) is 0 Å². The van der Waals surface area contributed by atoms with Gasteiger partial charge in [-0.3, -0.25) is 4.79 Å². The number of carbonyl (C=O) groups excluding carboxylic acids is 1. The van der Waals surface area contributed by atoms with Crippen molar-refractivity contribution in [3.63, 3.8) is 0 Å². The Kier molecular flexibility index (Phi) is 3.36. The Balaban J connectivity index is 1.56. The van der Waals surface area contributed by atoms with Crippen LogP contribution in [0.1, 0.15) is 38.5 Å². The Morgan fingerprint density at radius 1 is 1.11 bits per heavy atom. The molecule has 1 heterocycles. The van der Waals surface area contributed by atoms with E-state index >= 15 is 0 Å². The van der Waals surface area contributed by atoms with Crippen molar-refractivity contribution in [1.29, 1.82) is 0 Å². The second-order valence-electron chi connectivity index (χ2n) is 6.55. The van der Waals surface area contributed by atoms with Gasteiger partial charge in [0.1, 0.15) is 9.84 Å². The second-order valence-corrected chi connectivity index (χ2v) is 8.88. The molecule has 0 aromatic rings. The average molecular weight is 285 g/mol. The summed E-state index contributed by atoms with van der Waals surface area (Å²) < 4.78 is 23.2. The third kappa shape index (κ3) is 2.96. The molecule has 0 aromatic heterocycles. The van der Waals surface area contributed by atoms with E-state index in [1.807, 2.05) is 4.90 Å². The van der Waals surface area contributed by atoms with Crippen molar-refractivity contribution in [2.24, 2.45) is 17.8 Å². The van der Waals surface area contributed by atoms with Crippen molar-refractivity contribution in [2.45, 2.75) is 43.8 Å². The number of nitrogens with zero attached hydrogens (tertiary/aromatic N) is 1. The molecule has 5 heteroatoms. The lowest BCUT2D eigenvalue weighted by Crippen LogP contribution is -2.34. The summed E-state index contributed by atoms with van der Waals surface area (Å²) in [6.45, 7) is 1.38. The Bertz CT molecular complexity index is 469. The summed E-state index contributed by atoms with van der Waals surface area (Å²) in [5, 5.41) is -0.247. The van der Waals surface area contributed by atoms with Gasteiger partial charge in [0.15, 0.2) is 0 Å². The minimum absolute atomic E-state index is 0.247. The Morgan fingerprint density at radius 2 is 1.84 bits per heavy atom. The average Bonchev–Trinajstić information content (AvgIpc) is 3.19. The van der Waals surface area contributed by atoms with Gasteiger partial charge in [-0.15, -0.1) is 0 Å². The highest BCUT2D eigenvalue weighted by Crippen LogP contribution is 2.54. The van der Waals surface area contributed by atoms with Gasteiger partial charge in [0, 0.05) is 25.3 Å². The van der Waals surface area contributed by atoms with Crippen LogP contribution < -0.4 is 0 Å². The van der Waals surface area contributed by atoms with Crippen molar-refractivity contribution in [3.05, 3.63) is 0 Å². The van der Waals surface area contributed by atoms with Gasteiger partial charge in [-0.1, -0.05) is 0 Å². The molecule has 3 rings (SSSR count). The number of rotatable bonds is 3. The summed E-state index contributed by atoms with van der Waals surface area (Å²) in [5.41, 5.74) is 0. The first-order valence-electron chi connectivity index (χ1n) is 7.44. The van der Waals surface area contributed by atoms with Crippen LogP contribution in [0.25, 0.3) is 0 Å². The maximum atomic E-state index is 12.4. The van der Waals surface area contributed by atoms with Crippen molar-refractivity contribution in [2.75, 3.05) is 19.3 Å². The second kappa shape index (κ2) is 4.76. The number of likely N-dealkylation sites (tertiary alicyclic amines) is 1. The van der Waals surface area contributed by atoms with Crippen LogP contribution in [0.5, 0.6) is 0 Å². The van der Waals surface area contributed by atoms with E-state index in [2.05, 4.69) is 0 Å². The monoisotopic (exact) mass is 285 g/mol. The molecule has 1 amide bonds. The first-order chi connectivity index (χ1) is 8.97. The largest absolute Gasteiger partial charge is 0.342 e. The van der Waals surface area contributed by atoms with Gasteiger partial charge >= 0.3 is 0 Å². The van der Waals surface area contributed by atoms with E-state index in [0.29, 0.717) is 31.2 Å². The molecule has 2 saturated carbocycles. The van der Waals surface area contributed by atoms with Gasteiger partial charge in [0.05, 0.1) is 5.25 Å². The van der Waals surface area contributed by atoms with E-state index in [-0.39, 0.29) is 11.2 Å². The number of amides is 1. The summed E-state index contributed by atoms with van der Waals surface area (Å²) in [6.07, 6.45) is 7.17. The van der Waals surface area contributed by atoms with E-state index in [1.54, 1.807) is 0 Å². The van der Waals surface area contributed by atoms with Gasteiger partial charge < -0.3 is 4.90 Å². The minimum Gasteiger partial charge on any atom is -0.342 e. The normalized spacial score (nSPS) is 35.8. The number of hydrogen-bond donors (Lipinski definition) is 0. The maximum Gasteiger partial charge on any atom is 0.225 e. The molecule has 3 aliphatic rings. The summed E-state index contributed by atoms with van der Waals surface area (Å²) in [7, 11) is -2.96. The maximum absolute atomic E-state index is 12.4. The SMILES string of the molecule is CS(=O)(=O)C1CCCN(C(=O)C2CC2C2CC2)CC1. The molecule has 19 heavy (non-hydrogen) atoms. The van der Waals surface area contributed by atoms with Crippen molar-refractivity contribution < 1.29 is 13.2 Å². The Hall–Kier alpha value is -0.580. The van der Waals surface area contributed by atoms with Crippen LogP contribution in [0.2, 0.25) is 0 Å². The number of carbonyl (C=O) groups is 1. The zero-order valence-electron chi connectivity index (χ0n) is 11.5. The Labute approximate surface area is 115 Å². The first-order valence-corrected chi connectivity index (χ1v) is 9.40. The van der Waals surface area contributed by atoms with Gasteiger partial charge in [-0.05, 0) is 50.4 Å². The molecule has 108 valence electrons. The highest BCUT2D eigenvalue weighted by atomic mass is 32.2. The van der Waals surface area contributed by atoms with Crippen LogP contribution >= 0.6 is 0 Å². The summed E-state index contributed by atoms with van der Waals surface area (Å²) in [5.74, 6) is 2.04. The fourth-order valence-corrected chi connectivity index (χ4v) is 4.62. The zero-order chi connectivity index (χ0) is 13.6. The molecule has 3 fully saturated rings. The van der Waals surface area contributed by atoms with E-state index < -0.39 is 9.84 Å². The molecule has 0 aromatic carbocycles. The summed E-state index contributed by atoms with van der Waals surface area (Å²) in [4.78, 5) is 14.3. The van der Waals surface area contributed by atoms with Gasteiger partial charge in [-0.2, -0.15) is 0 Å². The van der Waals surface area contributed by atoms with Gasteiger partial charge in [0.2, 0.25) is 5.91 Å². The van der Waals surface area contributed by atoms with Gasteiger partial charge in [-0.25, -0.2) is 8.42 Å². The lowest BCUT2D eigenvalue weighted by Gasteiger charge is -2.20. The van der Waals surface area contributed by atoms with Gasteiger partial charge in [0.25, 0.3) is 0 Å². The first kappa shape index (κ1) is 13.4. The molecule has 3 unspecified atom stereocenters. The predicted molar refractivity (Wildman–Crippen MR) is 73.4 cm³/mol.